The largest absolute Gasteiger partial charge is 0.493 e. The summed E-state index contributed by atoms with van der Waals surface area (Å²) in [5.41, 5.74) is 7.38. The van der Waals surface area contributed by atoms with Gasteiger partial charge in [0, 0.05) is 31.1 Å². The van der Waals surface area contributed by atoms with E-state index in [4.69, 9.17) is 18.7 Å². The van der Waals surface area contributed by atoms with Crippen molar-refractivity contribution in [1.29, 1.82) is 0 Å². The van der Waals surface area contributed by atoms with Gasteiger partial charge in [-0.15, -0.1) is 0 Å². The highest BCUT2D eigenvalue weighted by Crippen LogP contribution is 2.35. The van der Waals surface area contributed by atoms with Crippen molar-refractivity contribution in [1.82, 2.24) is 4.90 Å². The smallest absolute Gasteiger partial charge is 0.119 e. The second-order valence-electron chi connectivity index (χ2n) is 5.07. The summed E-state index contributed by atoms with van der Waals surface area (Å²) in [4.78, 5) is 3.58. The van der Waals surface area contributed by atoms with Crippen molar-refractivity contribution in [3.8, 4) is 5.75 Å². The van der Waals surface area contributed by atoms with Gasteiger partial charge in [-0.2, -0.15) is 0 Å². The number of ether oxygens (including phenoxy) is 1. The van der Waals surface area contributed by atoms with E-state index in [2.05, 4.69) is 0 Å². The highest BCUT2D eigenvalue weighted by Gasteiger charge is 2.09. The van der Waals surface area contributed by atoms with Gasteiger partial charge < -0.3 is 15.4 Å². The van der Waals surface area contributed by atoms with Crippen LogP contribution in [0.2, 0.25) is 0 Å². The van der Waals surface area contributed by atoms with Crippen LogP contribution < -0.4 is 10.5 Å². The molecule has 0 fully saturated rings. The van der Waals surface area contributed by atoms with Gasteiger partial charge in [-0.25, -0.2) is 0 Å². The third-order valence-corrected chi connectivity index (χ3v) is 4.13. The minimum atomic E-state index is -3.93. The van der Waals surface area contributed by atoms with Crippen LogP contribution in [0.3, 0.4) is 0 Å². The van der Waals surface area contributed by atoms with Crippen molar-refractivity contribution in [2.24, 2.45) is 0 Å². The van der Waals surface area contributed by atoms with E-state index < -0.39 is 19.6 Å². The molecular formula is C18H23FN2OS. The summed E-state index contributed by atoms with van der Waals surface area (Å²) in [7, 11) is 3.71. The molecular weight excluding hydrogens is 311 g/mol. The van der Waals surface area contributed by atoms with Crippen molar-refractivity contribution < 1.29 is 17.4 Å². The van der Waals surface area contributed by atoms with Crippen molar-refractivity contribution in [2.75, 3.05) is 33.0 Å². The zero-order valence-electron chi connectivity index (χ0n) is 19.0. The molecule has 0 aliphatic rings. The van der Waals surface area contributed by atoms with Crippen molar-refractivity contribution in [3.63, 3.8) is 0 Å². The lowest BCUT2D eigenvalue weighted by Gasteiger charge is -2.16. The normalized spacial score (nSPS) is 16.7. The van der Waals surface area contributed by atoms with E-state index >= 15 is 0 Å². The van der Waals surface area contributed by atoms with Gasteiger partial charge in [-0.05, 0) is 50.0 Å². The van der Waals surface area contributed by atoms with E-state index in [0.717, 1.165) is 15.4 Å². The molecule has 0 unspecified atom stereocenters. The van der Waals surface area contributed by atoms with Crippen LogP contribution in [0.15, 0.2) is 52.3 Å². The van der Waals surface area contributed by atoms with Gasteiger partial charge >= 0.3 is 0 Å². The summed E-state index contributed by atoms with van der Waals surface area (Å²) in [6.07, 6.45) is -3.52. The van der Waals surface area contributed by atoms with Crippen LogP contribution in [-0.2, 0) is 6.54 Å². The molecule has 0 amide bonds. The van der Waals surface area contributed by atoms with E-state index in [1.807, 2.05) is 37.2 Å². The van der Waals surface area contributed by atoms with Gasteiger partial charge in [0.25, 0.3) is 0 Å². The van der Waals surface area contributed by atoms with E-state index in [-0.39, 0.29) is 5.75 Å². The maximum absolute atomic E-state index is 13.6. The van der Waals surface area contributed by atoms with Crippen molar-refractivity contribution in [2.45, 2.75) is 22.7 Å². The summed E-state index contributed by atoms with van der Waals surface area (Å²) in [6.45, 7) is -6.69. The van der Waals surface area contributed by atoms with E-state index in [1.165, 1.54) is 23.9 Å². The fourth-order valence-electron chi connectivity index (χ4n) is 1.98. The van der Waals surface area contributed by atoms with Crippen LogP contribution in [0.4, 0.5) is 10.1 Å². The first kappa shape index (κ1) is 10.9. The molecule has 0 radical (unpaired) electrons. The fraction of sp³-hybridized carbons (Fsp3) is 0.333. The molecule has 0 bridgehead atoms. The van der Waals surface area contributed by atoms with E-state index in [9.17, 15) is 4.39 Å². The number of para-hydroxylation sites is 1. The first-order valence-electron chi connectivity index (χ1n) is 9.92. The first-order valence-corrected chi connectivity index (χ1v) is 7.74. The van der Waals surface area contributed by atoms with Crippen LogP contribution >= 0.6 is 11.8 Å². The molecule has 0 atom stereocenters. The Labute approximate surface area is 150 Å². The third kappa shape index (κ3) is 5.44. The summed E-state index contributed by atoms with van der Waals surface area (Å²) in [5, 5.41) is 0. The molecule has 0 spiro atoms. The molecule has 0 aliphatic carbocycles. The van der Waals surface area contributed by atoms with Gasteiger partial charge in [-0.3, -0.25) is 4.39 Å². The number of alkyl halides is 1. The Balaban J connectivity index is 2.37. The van der Waals surface area contributed by atoms with E-state index in [1.54, 1.807) is 12.1 Å². The highest BCUT2D eigenvalue weighted by molar-refractivity contribution is 7.99. The monoisotopic (exact) mass is 340 g/mol. The number of hydrogen-bond acceptors (Lipinski definition) is 4. The van der Waals surface area contributed by atoms with Gasteiger partial charge in [-0.1, -0.05) is 23.9 Å². The minimum Gasteiger partial charge on any atom is -0.493 e. The molecule has 2 aromatic rings. The third-order valence-electron chi connectivity index (χ3n) is 2.92. The van der Waals surface area contributed by atoms with Crippen LogP contribution in [0.1, 0.15) is 20.2 Å². The molecule has 124 valence electrons. The fourth-order valence-corrected chi connectivity index (χ4v) is 2.94. The van der Waals surface area contributed by atoms with Crippen LogP contribution in [0.5, 0.6) is 5.75 Å². The number of hydrogen-bond donors (Lipinski definition) is 1. The highest BCUT2D eigenvalue weighted by atomic mass is 32.2. The summed E-state index contributed by atoms with van der Waals surface area (Å²) < 4.78 is 63.1. The van der Waals surface area contributed by atoms with Crippen LogP contribution in [-0.4, -0.2) is 32.2 Å². The Hall–Kier alpha value is -1.72. The van der Waals surface area contributed by atoms with Crippen LogP contribution in [0, 0.1) is 0 Å². The van der Waals surface area contributed by atoms with Gasteiger partial charge in [0.15, 0.2) is 0 Å². The zero-order valence-corrected chi connectivity index (χ0v) is 13.8. The molecule has 0 aromatic heterocycles. The predicted molar refractivity (Wildman–Crippen MR) is 94.9 cm³/mol. The standard InChI is InChI=1S/C18H23FN2OS/c1-21(2)13-14-12-15(22-11-5-10-19)8-9-17(14)23-18-7-4-3-6-16(18)20/h3-4,6-9,12H,5,10-11,13,20H2,1-2H3/i5D2,10D2,11D2. The average molecular weight is 340 g/mol. The minimum absolute atomic E-state index is 0.0367. The summed E-state index contributed by atoms with van der Waals surface area (Å²) in [5.74, 6) is -0.0367. The molecule has 23 heavy (non-hydrogen) atoms. The molecule has 2 aromatic carbocycles. The Kier molecular flexibility index (Phi) is 4.18. The maximum Gasteiger partial charge on any atom is 0.119 e. The topological polar surface area (TPSA) is 38.5 Å². The molecule has 0 heterocycles. The van der Waals surface area contributed by atoms with Crippen molar-refractivity contribution >= 4 is 17.4 Å². The number of benzene rings is 2. The lowest BCUT2D eigenvalue weighted by molar-refractivity contribution is 0.288. The average Bonchev–Trinajstić information content (AvgIpc) is 2.57. The molecule has 0 saturated heterocycles. The number of halogens is 1. The number of nitrogens with zero attached hydrogens (tertiary/aromatic N) is 1. The number of nitrogen functional groups attached to an aromatic ring is 1. The van der Waals surface area contributed by atoms with Gasteiger partial charge in [0.05, 0.1) is 18.7 Å². The molecule has 2 N–H and O–H groups in total. The first-order chi connectivity index (χ1) is 13.2. The van der Waals surface area contributed by atoms with Crippen LogP contribution in [0.25, 0.3) is 0 Å². The van der Waals surface area contributed by atoms with E-state index in [0.29, 0.717) is 12.2 Å². The Morgan fingerprint density at radius 3 is 2.70 bits per heavy atom. The molecule has 0 aliphatic heterocycles. The van der Waals surface area contributed by atoms with Gasteiger partial charge in [0.1, 0.15) is 5.75 Å². The molecule has 3 nitrogen and oxygen atoms in total. The summed E-state index contributed by atoms with van der Waals surface area (Å²) >= 11 is 1.42. The number of nitrogens with two attached hydrogens (primary N) is 1. The molecule has 0 saturated carbocycles. The summed E-state index contributed by atoms with van der Waals surface area (Å²) in [6, 6.07) is 12.0. The van der Waals surface area contributed by atoms with Crippen molar-refractivity contribution in [3.05, 3.63) is 48.0 Å². The Morgan fingerprint density at radius 2 is 2.00 bits per heavy atom. The number of anilines is 1. The SMILES string of the molecule is [2H]C([2H])(F)C([2H])([2H])C([2H])([2H])Oc1ccc(Sc2ccccc2N)c(CN(C)C)c1. The second kappa shape index (κ2) is 8.79. The molecule has 5 heteroatoms. The molecule has 2 rings (SSSR count). The Bertz CT molecular complexity index is 860. The zero-order chi connectivity index (χ0) is 22.0. The van der Waals surface area contributed by atoms with Gasteiger partial charge in [0.2, 0.25) is 0 Å². The predicted octanol–water partition coefficient (Wildman–Crippen LogP) is 4.22. The quantitative estimate of drug-likeness (QED) is 0.730. The second-order valence-corrected chi connectivity index (χ2v) is 6.15. The number of rotatable bonds is 8. The Morgan fingerprint density at radius 1 is 1.22 bits per heavy atom. The maximum atomic E-state index is 13.6. The lowest BCUT2D eigenvalue weighted by Crippen LogP contribution is -2.11. The lowest BCUT2D eigenvalue weighted by atomic mass is 10.2.